The third-order valence-electron chi connectivity index (χ3n) is 4.68. The Kier molecular flexibility index (Phi) is 3.33. The van der Waals surface area contributed by atoms with Gasteiger partial charge in [0.05, 0.1) is 12.0 Å². The van der Waals surface area contributed by atoms with Gasteiger partial charge in [-0.3, -0.25) is 4.79 Å². The number of carbonyl (C=O) groups is 1. The number of hydrogen-bond donors (Lipinski definition) is 0. The summed E-state index contributed by atoms with van der Waals surface area (Å²) in [6.07, 6.45) is 2.43. The quantitative estimate of drug-likeness (QED) is 0.787. The lowest BCUT2D eigenvalue weighted by Crippen LogP contribution is -2.52. The first-order chi connectivity index (χ1) is 9.49. The minimum absolute atomic E-state index is 0.243. The number of piperidine rings is 1. The van der Waals surface area contributed by atoms with Crippen LogP contribution in [0.4, 0.5) is 0 Å². The van der Waals surface area contributed by atoms with E-state index in [-0.39, 0.29) is 11.4 Å². The molecule has 3 rings (SSSR count). The van der Waals surface area contributed by atoms with E-state index in [4.69, 9.17) is 4.74 Å². The van der Waals surface area contributed by atoms with Crippen molar-refractivity contribution in [3.8, 4) is 5.75 Å². The maximum absolute atomic E-state index is 12.4. The molecule has 0 N–H and O–H groups in total. The van der Waals surface area contributed by atoms with E-state index in [0.29, 0.717) is 12.5 Å². The maximum Gasteiger partial charge on any atom is 0.170 e. The molecule has 108 valence electrons. The lowest BCUT2D eigenvalue weighted by atomic mass is 9.82. The van der Waals surface area contributed by atoms with Gasteiger partial charge >= 0.3 is 0 Å². The summed E-state index contributed by atoms with van der Waals surface area (Å²) in [7, 11) is 0. The molecular weight excluding hydrogens is 250 g/mol. The SMILES string of the molecule is Cc1ccc2c(c1)C(=O)CC1(CCN(C(C)C)CC1)O2. The van der Waals surface area contributed by atoms with Crippen LogP contribution >= 0.6 is 0 Å². The Bertz CT molecular complexity index is 528. The molecule has 2 aliphatic heterocycles. The number of ether oxygens (including phenoxy) is 1. The van der Waals surface area contributed by atoms with Crippen LogP contribution in [0.25, 0.3) is 0 Å². The Hall–Kier alpha value is -1.35. The van der Waals surface area contributed by atoms with E-state index < -0.39 is 0 Å². The molecule has 0 saturated carbocycles. The Morgan fingerprint density at radius 3 is 2.60 bits per heavy atom. The minimum Gasteiger partial charge on any atom is -0.486 e. The highest BCUT2D eigenvalue weighted by atomic mass is 16.5. The molecule has 1 saturated heterocycles. The predicted molar refractivity (Wildman–Crippen MR) is 79.4 cm³/mol. The molecule has 0 aliphatic carbocycles. The molecule has 0 unspecified atom stereocenters. The average molecular weight is 273 g/mol. The Morgan fingerprint density at radius 1 is 1.25 bits per heavy atom. The Morgan fingerprint density at radius 2 is 1.95 bits per heavy atom. The number of ketones is 1. The molecule has 0 radical (unpaired) electrons. The van der Waals surface area contributed by atoms with Crippen LogP contribution < -0.4 is 4.74 Å². The van der Waals surface area contributed by atoms with Crippen molar-refractivity contribution < 1.29 is 9.53 Å². The normalized spacial score (nSPS) is 21.9. The maximum atomic E-state index is 12.4. The van der Waals surface area contributed by atoms with Crippen LogP contribution in [0.5, 0.6) is 5.75 Å². The highest BCUT2D eigenvalue weighted by molar-refractivity contribution is 6.00. The van der Waals surface area contributed by atoms with Crippen LogP contribution in [-0.4, -0.2) is 35.4 Å². The van der Waals surface area contributed by atoms with Gasteiger partial charge in [-0.1, -0.05) is 11.6 Å². The smallest absolute Gasteiger partial charge is 0.170 e. The van der Waals surface area contributed by atoms with Gasteiger partial charge in [-0.15, -0.1) is 0 Å². The van der Waals surface area contributed by atoms with Gasteiger partial charge < -0.3 is 9.64 Å². The minimum atomic E-state index is -0.259. The molecule has 3 nitrogen and oxygen atoms in total. The van der Waals surface area contributed by atoms with Crippen molar-refractivity contribution in [2.24, 2.45) is 0 Å². The van der Waals surface area contributed by atoms with E-state index in [0.717, 1.165) is 42.8 Å². The number of hydrogen-bond acceptors (Lipinski definition) is 3. The zero-order valence-corrected chi connectivity index (χ0v) is 12.6. The standard InChI is InChI=1S/C17H23NO2/c1-12(2)18-8-6-17(7-9-18)11-15(19)14-10-13(3)4-5-16(14)20-17/h4-5,10,12H,6-9,11H2,1-3H3. The lowest BCUT2D eigenvalue weighted by molar-refractivity contribution is -0.0153. The third-order valence-corrected chi connectivity index (χ3v) is 4.68. The van der Waals surface area contributed by atoms with E-state index in [2.05, 4.69) is 18.7 Å². The molecule has 2 aliphatic rings. The number of aryl methyl sites for hydroxylation is 1. The number of fused-ring (bicyclic) bond motifs is 1. The summed E-state index contributed by atoms with van der Waals surface area (Å²) >= 11 is 0. The summed E-state index contributed by atoms with van der Waals surface area (Å²) in [5.74, 6) is 1.03. The first-order valence-corrected chi connectivity index (χ1v) is 7.56. The topological polar surface area (TPSA) is 29.5 Å². The van der Waals surface area contributed by atoms with Gasteiger partial charge in [0.1, 0.15) is 11.4 Å². The second kappa shape index (κ2) is 4.88. The number of rotatable bonds is 1. The van der Waals surface area contributed by atoms with E-state index in [1.165, 1.54) is 0 Å². The zero-order chi connectivity index (χ0) is 14.3. The van der Waals surface area contributed by atoms with Crippen LogP contribution in [0.15, 0.2) is 18.2 Å². The fourth-order valence-electron chi connectivity index (χ4n) is 3.33. The van der Waals surface area contributed by atoms with Gasteiger partial charge in [0, 0.05) is 32.0 Å². The fourth-order valence-corrected chi connectivity index (χ4v) is 3.33. The summed E-state index contributed by atoms with van der Waals surface area (Å²) in [6.45, 7) is 8.50. The molecule has 1 aromatic carbocycles. The average Bonchev–Trinajstić information content (AvgIpc) is 2.40. The van der Waals surface area contributed by atoms with Crippen LogP contribution in [0.2, 0.25) is 0 Å². The monoisotopic (exact) mass is 273 g/mol. The second-order valence-electron chi connectivity index (χ2n) is 6.51. The van der Waals surface area contributed by atoms with E-state index in [1.54, 1.807) is 0 Å². The molecule has 1 spiro atoms. The predicted octanol–water partition coefficient (Wildman–Crippen LogP) is 3.20. The summed E-state index contributed by atoms with van der Waals surface area (Å²) in [4.78, 5) is 14.9. The highest BCUT2D eigenvalue weighted by Gasteiger charge is 2.43. The Labute approximate surface area is 120 Å². The molecule has 1 aromatic rings. The second-order valence-corrected chi connectivity index (χ2v) is 6.51. The van der Waals surface area contributed by atoms with Crippen molar-refractivity contribution in [1.82, 2.24) is 4.90 Å². The summed E-state index contributed by atoms with van der Waals surface area (Å²) in [5.41, 5.74) is 1.62. The van der Waals surface area contributed by atoms with E-state index in [9.17, 15) is 4.79 Å². The van der Waals surface area contributed by atoms with E-state index >= 15 is 0 Å². The number of likely N-dealkylation sites (tertiary alicyclic amines) is 1. The largest absolute Gasteiger partial charge is 0.486 e. The van der Waals surface area contributed by atoms with Crippen LogP contribution in [0.3, 0.4) is 0 Å². The Balaban J connectivity index is 1.82. The summed E-state index contributed by atoms with van der Waals surface area (Å²) < 4.78 is 6.27. The molecule has 20 heavy (non-hydrogen) atoms. The van der Waals surface area contributed by atoms with Crippen LogP contribution in [-0.2, 0) is 0 Å². The first kappa shape index (κ1) is 13.6. The van der Waals surface area contributed by atoms with Crippen molar-refractivity contribution in [2.75, 3.05) is 13.1 Å². The summed E-state index contributed by atoms with van der Waals surface area (Å²) in [6, 6.07) is 6.50. The van der Waals surface area contributed by atoms with E-state index in [1.807, 2.05) is 25.1 Å². The molecule has 0 amide bonds. The number of carbonyl (C=O) groups excluding carboxylic acids is 1. The van der Waals surface area contributed by atoms with Crippen molar-refractivity contribution >= 4 is 5.78 Å². The van der Waals surface area contributed by atoms with Gasteiger partial charge in [0.25, 0.3) is 0 Å². The van der Waals surface area contributed by atoms with Gasteiger partial charge in [-0.05, 0) is 32.9 Å². The van der Waals surface area contributed by atoms with Crippen molar-refractivity contribution in [3.63, 3.8) is 0 Å². The first-order valence-electron chi connectivity index (χ1n) is 7.56. The molecule has 0 aromatic heterocycles. The van der Waals surface area contributed by atoms with Gasteiger partial charge in [0.15, 0.2) is 5.78 Å². The third kappa shape index (κ3) is 2.35. The highest BCUT2D eigenvalue weighted by Crippen LogP contribution is 2.39. The molecule has 2 heterocycles. The van der Waals surface area contributed by atoms with Crippen LogP contribution in [0.1, 0.15) is 49.0 Å². The molecule has 0 bridgehead atoms. The number of Topliss-reactive ketones (excluding diaryl/α,β-unsaturated/α-hetero) is 1. The van der Waals surface area contributed by atoms with Gasteiger partial charge in [-0.2, -0.15) is 0 Å². The zero-order valence-electron chi connectivity index (χ0n) is 12.6. The van der Waals surface area contributed by atoms with Gasteiger partial charge in [0.2, 0.25) is 0 Å². The molecule has 0 atom stereocenters. The van der Waals surface area contributed by atoms with Crippen molar-refractivity contribution in [1.29, 1.82) is 0 Å². The van der Waals surface area contributed by atoms with Gasteiger partial charge in [-0.25, -0.2) is 0 Å². The molecule has 1 fully saturated rings. The molecule has 3 heteroatoms. The number of benzene rings is 1. The fraction of sp³-hybridized carbons (Fsp3) is 0.588. The summed E-state index contributed by atoms with van der Waals surface area (Å²) in [5, 5.41) is 0. The van der Waals surface area contributed by atoms with Crippen LogP contribution in [0, 0.1) is 6.92 Å². The molecular formula is C17H23NO2. The number of nitrogens with zero attached hydrogens (tertiary/aromatic N) is 1. The van der Waals surface area contributed by atoms with Crippen molar-refractivity contribution in [2.45, 2.75) is 51.7 Å². The lowest BCUT2D eigenvalue weighted by Gasteiger charge is -2.45. The van der Waals surface area contributed by atoms with Crippen molar-refractivity contribution in [3.05, 3.63) is 29.3 Å².